The van der Waals surface area contributed by atoms with Gasteiger partial charge >= 0.3 is 0 Å². The summed E-state index contributed by atoms with van der Waals surface area (Å²) in [6.07, 6.45) is 6.96. The number of aliphatic hydroxyl groups is 1. The Kier molecular flexibility index (Phi) is 5.38. The van der Waals surface area contributed by atoms with E-state index >= 15 is 0 Å². The molecule has 6 heteroatoms. The summed E-state index contributed by atoms with van der Waals surface area (Å²) in [5.74, 6) is 2.12. The third-order valence-corrected chi connectivity index (χ3v) is 8.29. The fourth-order valence-corrected chi connectivity index (χ4v) is 6.83. The molecule has 2 bridgehead atoms. The molecule has 2 aliphatic heterocycles. The first kappa shape index (κ1) is 21.7. The average Bonchev–Trinajstić information content (AvgIpc) is 3.21. The Morgan fingerprint density at radius 1 is 1.21 bits per heavy atom. The molecule has 2 aliphatic carbocycles. The van der Waals surface area contributed by atoms with Crippen LogP contribution in [0.2, 0.25) is 0 Å². The van der Waals surface area contributed by atoms with Crippen molar-refractivity contribution < 1.29 is 14.9 Å². The van der Waals surface area contributed by atoms with E-state index in [0.29, 0.717) is 17.7 Å². The van der Waals surface area contributed by atoms with Crippen LogP contribution in [-0.2, 0) is 11.8 Å². The van der Waals surface area contributed by atoms with Crippen molar-refractivity contribution >= 4 is 11.5 Å². The van der Waals surface area contributed by atoms with Gasteiger partial charge in [-0.3, -0.25) is 9.89 Å². The van der Waals surface area contributed by atoms with Crippen molar-refractivity contribution in [3.63, 3.8) is 0 Å². The molecular weight excluding hydrogens is 426 g/mol. The smallest absolute Gasteiger partial charge is 0.165 e. The first-order valence-corrected chi connectivity index (χ1v) is 12.6. The fourth-order valence-electron chi connectivity index (χ4n) is 6.83. The predicted molar refractivity (Wildman–Crippen MR) is 134 cm³/mol. The highest BCUT2D eigenvalue weighted by Crippen LogP contribution is 2.62. The zero-order chi connectivity index (χ0) is 23.3. The molecule has 2 unspecified atom stereocenters. The Balaban J connectivity index is 1.18. The number of aromatic hydroxyl groups is 1. The highest BCUT2D eigenvalue weighted by Gasteiger charge is 2.64. The van der Waals surface area contributed by atoms with Gasteiger partial charge in [0, 0.05) is 48.1 Å². The summed E-state index contributed by atoms with van der Waals surface area (Å²) in [4.78, 5) is 7.46. The number of ether oxygens (including phenoxy) is 1. The highest BCUT2D eigenvalue weighted by molar-refractivity contribution is 5.95. The van der Waals surface area contributed by atoms with E-state index in [1.165, 1.54) is 5.56 Å². The number of amidine groups is 1. The van der Waals surface area contributed by atoms with Crippen LogP contribution in [0.25, 0.3) is 0 Å². The number of hydrogen-bond acceptors (Lipinski definition) is 5. The molecule has 6 nitrogen and oxygen atoms in total. The second-order valence-electron chi connectivity index (χ2n) is 10.0. The monoisotopic (exact) mass is 459 g/mol. The van der Waals surface area contributed by atoms with Crippen molar-refractivity contribution in [2.45, 2.75) is 56.3 Å². The van der Waals surface area contributed by atoms with Crippen molar-refractivity contribution in [2.24, 2.45) is 10.9 Å². The summed E-state index contributed by atoms with van der Waals surface area (Å²) in [6.45, 7) is 4.92. The molecule has 5 atom stereocenters. The number of likely N-dealkylation sites (tertiary alicyclic amines) is 1. The minimum absolute atomic E-state index is 0.197. The van der Waals surface area contributed by atoms with E-state index in [4.69, 9.17) is 9.73 Å². The lowest BCUT2D eigenvalue weighted by molar-refractivity contribution is -0.0516. The van der Waals surface area contributed by atoms with E-state index < -0.39 is 6.10 Å². The summed E-state index contributed by atoms with van der Waals surface area (Å²) in [6, 6.07) is 14.4. The molecule has 2 aromatic carbocycles. The molecule has 3 N–H and O–H groups in total. The van der Waals surface area contributed by atoms with Crippen molar-refractivity contribution in [3.8, 4) is 11.5 Å². The predicted octanol–water partition coefficient (Wildman–Crippen LogP) is 3.88. The highest BCUT2D eigenvalue weighted by atomic mass is 16.5. The molecule has 1 saturated heterocycles. The number of benzene rings is 2. The lowest BCUT2D eigenvalue weighted by Gasteiger charge is -2.57. The maximum absolute atomic E-state index is 10.8. The Morgan fingerprint density at radius 3 is 2.88 bits per heavy atom. The van der Waals surface area contributed by atoms with E-state index in [2.05, 4.69) is 41.4 Å². The number of piperidine rings is 1. The number of hydrogen-bond donors (Lipinski definition) is 3. The number of para-hydroxylation sites is 1. The first-order valence-electron chi connectivity index (χ1n) is 12.6. The molecule has 1 fully saturated rings. The second kappa shape index (κ2) is 8.43. The van der Waals surface area contributed by atoms with E-state index in [9.17, 15) is 10.2 Å². The number of anilines is 1. The van der Waals surface area contributed by atoms with Crippen LogP contribution in [0.1, 0.15) is 37.3 Å². The molecule has 2 aromatic rings. The van der Waals surface area contributed by atoms with E-state index in [1.807, 2.05) is 24.3 Å². The Morgan fingerprint density at radius 2 is 2.06 bits per heavy atom. The van der Waals surface area contributed by atoms with Crippen LogP contribution in [-0.4, -0.2) is 58.8 Å². The van der Waals surface area contributed by atoms with Gasteiger partial charge < -0.3 is 20.3 Å². The van der Waals surface area contributed by atoms with Crippen LogP contribution < -0.4 is 10.1 Å². The summed E-state index contributed by atoms with van der Waals surface area (Å²) >= 11 is 0. The minimum Gasteiger partial charge on any atom is -0.504 e. The Bertz CT molecular complexity index is 1130. The topological polar surface area (TPSA) is 77.3 Å². The number of nitrogens with one attached hydrogen (secondary N) is 1. The molecular formula is C28H33N3O3. The number of nitrogens with zero attached hydrogens (tertiary/aromatic N) is 2. The maximum atomic E-state index is 10.8. The molecule has 6 rings (SSSR count). The molecule has 0 amide bonds. The van der Waals surface area contributed by atoms with E-state index in [-0.39, 0.29) is 17.3 Å². The molecule has 0 saturated carbocycles. The summed E-state index contributed by atoms with van der Waals surface area (Å²) in [5, 5.41) is 24.7. The number of phenolic OH excluding ortho intramolecular Hbond substituents is 1. The van der Waals surface area contributed by atoms with E-state index in [1.54, 1.807) is 6.07 Å². The molecule has 2 heterocycles. The van der Waals surface area contributed by atoms with Crippen molar-refractivity contribution in [2.75, 3.05) is 25.0 Å². The summed E-state index contributed by atoms with van der Waals surface area (Å²) in [7, 11) is 0. The van der Waals surface area contributed by atoms with Gasteiger partial charge in [0.15, 0.2) is 11.5 Å². The SMILES string of the molecule is CCC(=NCCCN1CCC23c4c5ccc(O)c4O[C@H]2[C@@H](O)C=CC3[C@H]1C5)Nc1ccccc1. The second-order valence-corrected chi connectivity index (χ2v) is 10.0. The molecule has 1 spiro atoms. The zero-order valence-corrected chi connectivity index (χ0v) is 19.7. The largest absolute Gasteiger partial charge is 0.504 e. The third kappa shape index (κ3) is 3.27. The quantitative estimate of drug-likeness (QED) is 0.265. The van der Waals surface area contributed by atoms with Crippen LogP contribution in [0.4, 0.5) is 5.69 Å². The van der Waals surface area contributed by atoms with Crippen molar-refractivity contribution in [3.05, 3.63) is 65.7 Å². The Labute approximate surface area is 201 Å². The zero-order valence-electron chi connectivity index (χ0n) is 19.7. The third-order valence-electron chi connectivity index (χ3n) is 8.29. The van der Waals surface area contributed by atoms with Gasteiger partial charge in [-0.25, -0.2) is 0 Å². The van der Waals surface area contributed by atoms with E-state index in [0.717, 1.165) is 62.4 Å². The van der Waals surface area contributed by atoms with Crippen molar-refractivity contribution in [1.82, 2.24) is 4.90 Å². The van der Waals surface area contributed by atoms with Crippen molar-refractivity contribution in [1.29, 1.82) is 0 Å². The molecule has 178 valence electrons. The van der Waals surface area contributed by atoms with Gasteiger partial charge in [-0.2, -0.15) is 0 Å². The molecule has 0 radical (unpaired) electrons. The van der Waals surface area contributed by atoms with Gasteiger partial charge in [-0.15, -0.1) is 0 Å². The van der Waals surface area contributed by atoms with Gasteiger partial charge in [0.1, 0.15) is 18.0 Å². The number of aliphatic imine (C=N–C) groups is 1. The lowest BCUT2D eigenvalue weighted by atomic mass is 9.53. The molecule has 4 aliphatic rings. The molecule has 34 heavy (non-hydrogen) atoms. The van der Waals surface area contributed by atoms with Crippen LogP contribution in [0.15, 0.2) is 59.6 Å². The average molecular weight is 460 g/mol. The number of aliphatic hydroxyl groups excluding tert-OH is 1. The minimum atomic E-state index is -0.639. The maximum Gasteiger partial charge on any atom is 0.165 e. The first-order chi connectivity index (χ1) is 16.6. The van der Waals surface area contributed by atoms with Gasteiger partial charge in [-0.1, -0.05) is 43.3 Å². The van der Waals surface area contributed by atoms with Gasteiger partial charge in [0.25, 0.3) is 0 Å². The van der Waals surface area contributed by atoms with Gasteiger partial charge in [0.05, 0.1) is 0 Å². The number of phenols is 1. The number of rotatable bonds is 6. The van der Waals surface area contributed by atoms with Crippen LogP contribution in [0, 0.1) is 5.92 Å². The Hall–Kier alpha value is -2.83. The lowest BCUT2D eigenvalue weighted by Crippen LogP contribution is -2.65. The van der Waals surface area contributed by atoms with Gasteiger partial charge in [0.2, 0.25) is 0 Å². The standard InChI is InChI=1S/C28H33N3O3/c1-2-24(30-19-7-4-3-5-8-19)29-14-6-15-31-16-13-28-20-10-12-23(33)27(28)34-26-22(32)11-9-18(25(26)28)17-21(20)31/h3-5,7-12,20-21,23,27,32-33H,2,6,13-17H2,1H3,(H,29,30)/t20?,21-,23+,27+,28?/m1/s1. The van der Waals surface area contributed by atoms with Crippen LogP contribution in [0.3, 0.4) is 0 Å². The normalized spacial score (nSPS) is 31.2. The van der Waals surface area contributed by atoms with Gasteiger partial charge in [-0.05, 0) is 49.6 Å². The molecule has 0 aromatic heterocycles. The fraction of sp³-hybridized carbons (Fsp3) is 0.464. The van der Waals surface area contributed by atoms with Crippen LogP contribution in [0.5, 0.6) is 11.5 Å². The summed E-state index contributed by atoms with van der Waals surface area (Å²) in [5.41, 5.74) is 3.27. The summed E-state index contributed by atoms with van der Waals surface area (Å²) < 4.78 is 6.25. The van der Waals surface area contributed by atoms with Crippen LogP contribution >= 0.6 is 0 Å².